The van der Waals surface area contributed by atoms with Crippen LogP contribution in [-0.4, -0.2) is 25.8 Å². The molecule has 1 fully saturated rings. The van der Waals surface area contributed by atoms with Gasteiger partial charge in [-0.1, -0.05) is 31.4 Å². The fourth-order valence-electron chi connectivity index (χ4n) is 3.08. The maximum Gasteiger partial charge on any atom is 0.332 e. The molecule has 0 bridgehead atoms. The molecule has 3 nitrogen and oxygen atoms in total. The largest absolute Gasteiger partial charge is 0.464 e. The van der Waals surface area contributed by atoms with E-state index in [-0.39, 0.29) is 23.8 Å². The summed E-state index contributed by atoms with van der Waals surface area (Å²) in [4.78, 5) is 11.4. The van der Waals surface area contributed by atoms with Crippen LogP contribution >= 0.6 is 0 Å². The van der Waals surface area contributed by atoms with Crippen molar-refractivity contribution >= 4 is 5.97 Å². The lowest BCUT2D eigenvalue weighted by molar-refractivity contribution is -0.149. The normalized spacial score (nSPS) is 17.4. The van der Waals surface area contributed by atoms with Gasteiger partial charge in [0.2, 0.25) is 0 Å². The van der Waals surface area contributed by atoms with Crippen molar-refractivity contribution in [2.45, 2.75) is 44.4 Å². The molecule has 0 heterocycles. The summed E-state index contributed by atoms with van der Waals surface area (Å²) in [6.45, 7) is 2.61. The number of carbonyl (C=O) groups is 1. The van der Waals surface area contributed by atoms with Crippen molar-refractivity contribution in [3.05, 3.63) is 35.6 Å². The lowest BCUT2D eigenvalue weighted by atomic mass is 9.70. The minimum atomic E-state index is -0.331. The van der Waals surface area contributed by atoms with Crippen molar-refractivity contribution in [1.29, 1.82) is 0 Å². The molecule has 116 valence electrons. The van der Waals surface area contributed by atoms with Crippen LogP contribution in [0.15, 0.2) is 24.3 Å². The van der Waals surface area contributed by atoms with Gasteiger partial charge in [-0.15, -0.1) is 0 Å². The number of halogens is 1. The topological polar surface area (TPSA) is 35.5 Å². The van der Waals surface area contributed by atoms with Crippen molar-refractivity contribution in [3.63, 3.8) is 0 Å². The third-order valence-electron chi connectivity index (χ3n) is 4.17. The number of ether oxygens (including phenoxy) is 2. The molecule has 1 aliphatic rings. The van der Waals surface area contributed by atoms with Gasteiger partial charge >= 0.3 is 5.97 Å². The van der Waals surface area contributed by atoms with E-state index in [2.05, 4.69) is 0 Å². The van der Waals surface area contributed by atoms with Gasteiger partial charge in [0.15, 0.2) is 0 Å². The molecule has 0 atom stereocenters. The Bertz CT molecular complexity index is 450. The summed E-state index contributed by atoms with van der Waals surface area (Å²) in [6, 6.07) is 6.68. The van der Waals surface area contributed by atoms with Crippen molar-refractivity contribution in [3.8, 4) is 0 Å². The third-order valence-corrected chi connectivity index (χ3v) is 4.17. The van der Waals surface area contributed by atoms with Crippen LogP contribution in [0.4, 0.5) is 4.39 Å². The van der Waals surface area contributed by atoms with Crippen LogP contribution in [-0.2, 0) is 19.7 Å². The fourth-order valence-corrected chi connectivity index (χ4v) is 3.08. The van der Waals surface area contributed by atoms with E-state index in [1.807, 2.05) is 12.1 Å². The lowest BCUT2D eigenvalue weighted by Gasteiger charge is -2.37. The van der Waals surface area contributed by atoms with Crippen LogP contribution in [0.5, 0.6) is 0 Å². The second-order valence-corrected chi connectivity index (χ2v) is 5.65. The van der Waals surface area contributed by atoms with E-state index >= 15 is 0 Å². The first-order chi connectivity index (χ1) is 10.2. The van der Waals surface area contributed by atoms with Gasteiger partial charge in [0.05, 0.1) is 13.2 Å². The van der Waals surface area contributed by atoms with E-state index < -0.39 is 0 Å². The first-order valence-electron chi connectivity index (χ1n) is 7.66. The highest BCUT2D eigenvalue weighted by atomic mass is 19.1. The summed E-state index contributed by atoms with van der Waals surface area (Å²) in [5, 5.41) is 0. The molecule has 0 spiro atoms. The van der Waals surface area contributed by atoms with E-state index in [1.54, 1.807) is 6.92 Å². The molecule has 1 saturated carbocycles. The molecule has 0 unspecified atom stereocenters. The molecule has 2 rings (SSSR count). The Balaban J connectivity index is 2.03. The van der Waals surface area contributed by atoms with Crippen LogP contribution < -0.4 is 0 Å². The molecular weight excluding hydrogens is 271 g/mol. The Morgan fingerprint density at radius 2 is 1.86 bits per heavy atom. The van der Waals surface area contributed by atoms with Gasteiger partial charge in [-0.3, -0.25) is 0 Å². The summed E-state index contributed by atoms with van der Waals surface area (Å²) in [5.41, 5.74) is 1.01. The third kappa shape index (κ3) is 4.27. The lowest BCUT2D eigenvalue weighted by Crippen LogP contribution is -2.35. The molecule has 0 aromatic heterocycles. The molecule has 1 aromatic carbocycles. The Kier molecular flexibility index (Phi) is 5.74. The molecule has 1 aromatic rings. The SMILES string of the molecule is CCOC(=O)COCC1(c2ccc(F)cc2)CCCCC1. The second kappa shape index (κ2) is 7.55. The molecule has 0 saturated heterocycles. The van der Waals surface area contributed by atoms with Crippen molar-refractivity contribution in [1.82, 2.24) is 0 Å². The molecule has 21 heavy (non-hydrogen) atoms. The summed E-state index contributed by atoms with van der Waals surface area (Å²) >= 11 is 0. The highest BCUT2D eigenvalue weighted by molar-refractivity contribution is 5.70. The Morgan fingerprint density at radius 1 is 1.19 bits per heavy atom. The predicted molar refractivity (Wildman–Crippen MR) is 78.6 cm³/mol. The van der Waals surface area contributed by atoms with Crippen LogP contribution in [0, 0.1) is 5.82 Å². The number of esters is 1. The standard InChI is InChI=1S/C17H23FO3/c1-2-21-16(19)12-20-13-17(10-4-3-5-11-17)14-6-8-15(18)9-7-14/h6-9H,2-5,10-13H2,1H3. The first-order valence-corrected chi connectivity index (χ1v) is 7.66. The monoisotopic (exact) mass is 294 g/mol. The van der Waals surface area contributed by atoms with Gasteiger partial charge in [-0.05, 0) is 37.5 Å². The molecule has 0 amide bonds. The van der Waals surface area contributed by atoms with E-state index in [0.717, 1.165) is 31.2 Å². The van der Waals surface area contributed by atoms with E-state index in [4.69, 9.17) is 9.47 Å². The van der Waals surface area contributed by atoms with Gasteiger partial charge in [0, 0.05) is 5.41 Å². The molecule has 0 aliphatic heterocycles. The summed E-state index contributed by atoms with van der Waals surface area (Å²) in [7, 11) is 0. The number of hydrogen-bond acceptors (Lipinski definition) is 3. The second-order valence-electron chi connectivity index (χ2n) is 5.65. The summed E-state index contributed by atoms with van der Waals surface area (Å²) < 4.78 is 23.6. The number of carbonyl (C=O) groups excluding carboxylic acids is 1. The average molecular weight is 294 g/mol. The Hall–Kier alpha value is -1.42. The van der Waals surface area contributed by atoms with E-state index in [1.165, 1.54) is 18.6 Å². The summed E-state index contributed by atoms with van der Waals surface area (Å²) in [6.07, 6.45) is 5.53. The molecule has 0 N–H and O–H groups in total. The fraction of sp³-hybridized carbons (Fsp3) is 0.588. The zero-order valence-corrected chi connectivity index (χ0v) is 12.6. The first kappa shape index (κ1) is 16.0. The highest BCUT2D eigenvalue weighted by Crippen LogP contribution is 2.39. The average Bonchev–Trinajstić information content (AvgIpc) is 2.49. The minimum absolute atomic E-state index is 0.0171. The highest BCUT2D eigenvalue weighted by Gasteiger charge is 2.34. The smallest absolute Gasteiger partial charge is 0.332 e. The van der Waals surface area contributed by atoms with E-state index in [9.17, 15) is 9.18 Å². The van der Waals surface area contributed by atoms with Crippen LogP contribution in [0.2, 0.25) is 0 Å². The van der Waals surface area contributed by atoms with Crippen LogP contribution in [0.25, 0.3) is 0 Å². The van der Waals surface area contributed by atoms with Gasteiger partial charge in [-0.2, -0.15) is 0 Å². The zero-order chi connectivity index (χ0) is 15.1. The Morgan fingerprint density at radius 3 is 2.48 bits per heavy atom. The van der Waals surface area contributed by atoms with Gasteiger partial charge < -0.3 is 9.47 Å². The quantitative estimate of drug-likeness (QED) is 0.752. The summed E-state index contributed by atoms with van der Waals surface area (Å²) in [5.74, 6) is -0.556. The number of hydrogen-bond donors (Lipinski definition) is 0. The van der Waals surface area contributed by atoms with Gasteiger partial charge in [0.25, 0.3) is 0 Å². The van der Waals surface area contributed by atoms with Crippen LogP contribution in [0.3, 0.4) is 0 Å². The van der Waals surface area contributed by atoms with Gasteiger partial charge in [0.1, 0.15) is 12.4 Å². The number of rotatable bonds is 6. The maximum absolute atomic E-state index is 13.1. The van der Waals surface area contributed by atoms with Gasteiger partial charge in [-0.25, -0.2) is 9.18 Å². The minimum Gasteiger partial charge on any atom is -0.464 e. The zero-order valence-electron chi connectivity index (χ0n) is 12.6. The van der Waals surface area contributed by atoms with Crippen molar-refractivity contribution in [2.24, 2.45) is 0 Å². The molecular formula is C17H23FO3. The van der Waals surface area contributed by atoms with E-state index in [0.29, 0.717) is 13.2 Å². The molecule has 4 heteroatoms. The van der Waals surface area contributed by atoms with Crippen molar-refractivity contribution in [2.75, 3.05) is 19.8 Å². The Labute approximate surface area is 125 Å². The predicted octanol–water partition coefficient (Wildman–Crippen LogP) is 3.61. The van der Waals surface area contributed by atoms with Crippen LogP contribution in [0.1, 0.15) is 44.6 Å². The molecule has 0 radical (unpaired) electrons. The number of benzene rings is 1. The van der Waals surface area contributed by atoms with Crippen molar-refractivity contribution < 1.29 is 18.7 Å². The maximum atomic E-state index is 13.1. The molecule has 1 aliphatic carbocycles.